The van der Waals surface area contributed by atoms with Gasteiger partial charge in [-0.2, -0.15) is 0 Å². The monoisotopic (exact) mass is 422 g/mol. The molecule has 0 radical (unpaired) electrons. The third-order valence-electron chi connectivity index (χ3n) is 3.25. The Hall–Kier alpha value is -1.76. The average molecular weight is 424 g/mol. The van der Waals surface area contributed by atoms with Crippen LogP contribution in [0.5, 0.6) is 5.75 Å². The number of aliphatic imine (C=N–C) groups is 1. The number of nitrogens with one attached hydrogen (secondary N) is 1. The number of phenols is 1. The van der Waals surface area contributed by atoms with E-state index in [0.29, 0.717) is 20.1 Å². The highest BCUT2D eigenvalue weighted by molar-refractivity contribution is 9.10. The molecule has 1 amide bonds. The number of thioether (sulfide) groups is 1. The van der Waals surface area contributed by atoms with Crippen LogP contribution in [0.1, 0.15) is 11.1 Å². The zero-order chi connectivity index (χ0) is 17.3. The van der Waals surface area contributed by atoms with Crippen molar-refractivity contribution in [2.24, 2.45) is 4.99 Å². The molecule has 1 fully saturated rings. The molecular weight excluding hydrogens is 412 g/mol. The highest BCUT2D eigenvalue weighted by Gasteiger charge is 2.24. The fourth-order valence-electron chi connectivity index (χ4n) is 2.04. The Bertz CT molecular complexity index is 856. The molecule has 0 spiro atoms. The SMILES string of the molecule is Cc1ccc(N=C2NC(=O)/C(=C\c3cc(Cl)c(O)c(Br)c3)S2)cc1. The molecule has 1 aliphatic rings. The summed E-state index contributed by atoms with van der Waals surface area (Å²) in [5, 5.41) is 13.1. The minimum Gasteiger partial charge on any atom is -0.505 e. The average Bonchev–Trinajstić information content (AvgIpc) is 2.87. The molecule has 3 rings (SSSR count). The smallest absolute Gasteiger partial charge is 0.264 e. The molecule has 7 heteroatoms. The van der Waals surface area contributed by atoms with E-state index in [1.165, 1.54) is 11.8 Å². The Morgan fingerprint density at radius 3 is 2.67 bits per heavy atom. The van der Waals surface area contributed by atoms with E-state index in [-0.39, 0.29) is 16.7 Å². The number of aryl methyl sites for hydroxylation is 1. The molecule has 2 aromatic rings. The molecule has 1 heterocycles. The molecule has 4 nitrogen and oxygen atoms in total. The van der Waals surface area contributed by atoms with Crippen LogP contribution in [-0.2, 0) is 4.79 Å². The van der Waals surface area contributed by atoms with Gasteiger partial charge in [-0.25, -0.2) is 4.99 Å². The summed E-state index contributed by atoms with van der Waals surface area (Å²) in [4.78, 5) is 17.0. The topological polar surface area (TPSA) is 61.7 Å². The first-order chi connectivity index (χ1) is 11.4. The van der Waals surface area contributed by atoms with Crippen molar-refractivity contribution in [1.82, 2.24) is 5.32 Å². The lowest BCUT2D eigenvalue weighted by Gasteiger charge is -2.02. The number of hydrogen-bond acceptors (Lipinski definition) is 4. The Kier molecular flexibility index (Phi) is 4.99. The summed E-state index contributed by atoms with van der Waals surface area (Å²) in [5.74, 6) is -0.241. The maximum absolute atomic E-state index is 12.1. The van der Waals surface area contributed by atoms with Gasteiger partial charge in [0.2, 0.25) is 0 Å². The van der Waals surface area contributed by atoms with Gasteiger partial charge in [0.15, 0.2) is 5.17 Å². The number of carbonyl (C=O) groups excluding carboxylic acids is 1. The van der Waals surface area contributed by atoms with Crippen LogP contribution >= 0.6 is 39.3 Å². The second-order valence-electron chi connectivity index (χ2n) is 5.15. The van der Waals surface area contributed by atoms with Crippen molar-refractivity contribution >= 4 is 62.1 Å². The van der Waals surface area contributed by atoms with Crippen LogP contribution in [0.2, 0.25) is 5.02 Å². The van der Waals surface area contributed by atoms with Crippen LogP contribution in [0.15, 0.2) is 50.8 Å². The largest absolute Gasteiger partial charge is 0.505 e. The number of halogens is 2. The van der Waals surface area contributed by atoms with E-state index in [4.69, 9.17) is 11.6 Å². The van der Waals surface area contributed by atoms with Crippen molar-refractivity contribution in [3.63, 3.8) is 0 Å². The van der Waals surface area contributed by atoms with E-state index < -0.39 is 0 Å². The van der Waals surface area contributed by atoms with Crippen LogP contribution < -0.4 is 5.32 Å². The van der Waals surface area contributed by atoms with Gasteiger partial charge < -0.3 is 10.4 Å². The molecule has 2 N–H and O–H groups in total. The van der Waals surface area contributed by atoms with E-state index in [1.54, 1.807) is 18.2 Å². The van der Waals surface area contributed by atoms with Crippen LogP contribution in [-0.4, -0.2) is 16.2 Å². The zero-order valence-electron chi connectivity index (χ0n) is 12.5. The number of carbonyl (C=O) groups is 1. The first-order valence-electron chi connectivity index (χ1n) is 6.96. The van der Waals surface area contributed by atoms with E-state index in [9.17, 15) is 9.90 Å². The third kappa shape index (κ3) is 3.83. The predicted octanol–water partition coefficient (Wildman–Crippen LogP) is 5.01. The summed E-state index contributed by atoms with van der Waals surface area (Å²) in [5.41, 5.74) is 2.64. The number of phenolic OH excluding ortho intramolecular Hbond substituents is 1. The highest BCUT2D eigenvalue weighted by atomic mass is 79.9. The molecule has 0 saturated carbocycles. The van der Waals surface area contributed by atoms with E-state index in [1.807, 2.05) is 31.2 Å². The third-order valence-corrected chi connectivity index (χ3v) is 5.05. The first kappa shape index (κ1) is 17.1. The van der Waals surface area contributed by atoms with E-state index >= 15 is 0 Å². The Labute approximate surface area is 156 Å². The van der Waals surface area contributed by atoms with Crippen molar-refractivity contribution in [3.05, 3.63) is 61.9 Å². The normalized spacial score (nSPS) is 17.5. The summed E-state index contributed by atoms with van der Waals surface area (Å²) in [7, 11) is 0. The fourth-order valence-corrected chi connectivity index (χ4v) is 3.70. The number of rotatable bonds is 2. The zero-order valence-corrected chi connectivity index (χ0v) is 15.7. The number of amides is 1. The number of benzene rings is 2. The van der Waals surface area contributed by atoms with Gasteiger partial charge >= 0.3 is 0 Å². The Morgan fingerprint density at radius 1 is 1.29 bits per heavy atom. The lowest BCUT2D eigenvalue weighted by molar-refractivity contribution is -0.115. The van der Waals surface area contributed by atoms with Gasteiger partial charge in [-0.05, 0) is 70.5 Å². The minimum absolute atomic E-state index is 0.0241. The number of amidine groups is 1. The van der Waals surface area contributed by atoms with Crippen LogP contribution in [0, 0.1) is 6.92 Å². The van der Waals surface area contributed by atoms with Crippen molar-refractivity contribution < 1.29 is 9.90 Å². The van der Waals surface area contributed by atoms with Gasteiger partial charge in [0, 0.05) is 0 Å². The summed E-state index contributed by atoms with van der Waals surface area (Å²) in [6.07, 6.45) is 1.70. The molecule has 0 unspecified atom stereocenters. The molecule has 0 atom stereocenters. The van der Waals surface area contributed by atoms with E-state index in [0.717, 1.165) is 11.3 Å². The standard InChI is InChI=1S/C17H12BrClN2O2S/c1-9-2-4-11(5-3-9)20-17-21-16(23)14(24-17)8-10-6-12(18)15(22)13(19)7-10/h2-8,22H,1H3,(H,20,21,23)/b14-8+. The first-order valence-corrected chi connectivity index (χ1v) is 8.95. The summed E-state index contributed by atoms with van der Waals surface area (Å²) < 4.78 is 0.471. The molecule has 0 bridgehead atoms. The van der Waals surface area contributed by atoms with Crippen molar-refractivity contribution in [1.29, 1.82) is 0 Å². The quantitative estimate of drug-likeness (QED) is 0.668. The Morgan fingerprint density at radius 2 is 2.00 bits per heavy atom. The van der Waals surface area contributed by atoms with Gasteiger partial charge in [-0.3, -0.25) is 4.79 Å². The van der Waals surface area contributed by atoms with Gasteiger partial charge in [-0.15, -0.1) is 0 Å². The molecule has 2 aromatic carbocycles. The van der Waals surface area contributed by atoms with Gasteiger partial charge in [-0.1, -0.05) is 29.3 Å². The lowest BCUT2D eigenvalue weighted by Crippen LogP contribution is -2.19. The number of nitrogens with zero attached hydrogens (tertiary/aromatic N) is 1. The number of hydrogen-bond donors (Lipinski definition) is 2. The minimum atomic E-state index is -0.216. The molecular formula is C17H12BrClN2O2S. The summed E-state index contributed by atoms with van der Waals surface area (Å²) in [6.45, 7) is 2.00. The lowest BCUT2D eigenvalue weighted by atomic mass is 10.2. The van der Waals surface area contributed by atoms with Gasteiger partial charge in [0.25, 0.3) is 5.91 Å². The maximum Gasteiger partial charge on any atom is 0.264 e. The molecule has 1 aliphatic heterocycles. The van der Waals surface area contributed by atoms with Crippen molar-refractivity contribution in [2.45, 2.75) is 6.92 Å². The van der Waals surface area contributed by atoms with Crippen molar-refractivity contribution in [2.75, 3.05) is 0 Å². The molecule has 0 aliphatic carbocycles. The molecule has 0 aromatic heterocycles. The van der Waals surface area contributed by atoms with Gasteiger partial charge in [0.1, 0.15) is 5.75 Å². The summed E-state index contributed by atoms with van der Waals surface area (Å²) in [6, 6.07) is 11.0. The van der Waals surface area contributed by atoms with Crippen LogP contribution in [0.4, 0.5) is 5.69 Å². The van der Waals surface area contributed by atoms with Gasteiger partial charge in [0.05, 0.1) is 20.1 Å². The second kappa shape index (κ2) is 7.01. The van der Waals surface area contributed by atoms with Crippen LogP contribution in [0.25, 0.3) is 6.08 Å². The molecule has 24 heavy (non-hydrogen) atoms. The molecule has 122 valence electrons. The summed E-state index contributed by atoms with van der Waals surface area (Å²) >= 11 is 10.4. The fraction of sp³-hybridized carbons (Fsp3) is 0.0588. The predicted molar refractivity (Wildman–Crippen MR) is 103 cm³/mol. The second-order valence-corrected chi connectivity index (χ2v) is 7.44. The van der Waals surface area contributed by atoms with E-state index in [2.05, 4.69) is 26.2 Å². The Balaban J connectivity index is 1.86. The van der Waals surface area contributed by atoms with Crippen LogP contribution in [0.3, 0.4) is 0 Å². The van der Waals surface area contributed by atoms with Crippen molar-refractivity contribution in [3.8, 4) is 5.75 Å². The highest BCUT2D eigenvalue weighted by Crippen LogP contribution is 2.35. The maximum atomic E-state index is 12.1. The number of aromatic hydroxyl groups is 1. The molecule has 1 saturated heterocycles.